The number of hydrogen-bond donors (Lipinski definition) is 1. The number of fused-ring (bicyclic) bond motifs is 2. The average molecular weight is 434 g/mol. The third-order valence-electron chi connectivity index (χ3n) is 7.15. The highest BCUT2D eigenvalue weighted by Crippen LogP contribution is 2.39. The molecule has 0 atom stereocenters. The van der Waals surface area contributed by atoms with Gasteiger partial charge in [0.05, 0.1) is 25.6 Å². The molecule has 2 aliphatic heterocycles. The Labute approximate surface area is 187 Å². The standard InChI is InChI=1S/C26H28FN3O2/c27-8-6-18-2-1-3-19-10-22(31)4-5-23(19)25(18)20-7-9-30-13-21(28-24(30)11-20)12-29-14-26(15-29)16-32-17-26/h4-5,7,9-11,13,31H,1-3,6,8,12,14-17H2. The quantitative estimate of drug-likeness (QED) is 0.649. The molecule has 1 aromatic carbocycles. The summed E-state index contributed by atoms with van der Waals surface area (Å²) in [4.78, 5) is 7.33. The molecule has 32 heavy (non-hydrogen) atoms. The molecule has 2 aromatic heterocycles. The zero-order chi connectivity index (χ0) is 21.7. The number of ether oxygens (including phenoxy) is 1. The fraction of sp³-hybridized carbons (Fsp3) is 0.423. The lowest BCUT2D eigenvalue weighted by Crippen LogP contribution is -2.65. The van der Waals surface area contributed by atoms with E-state index >= 15 is 0 Å². The van der Waals surface area contributed by atoms with Crippen LogP contribution in [0.15, 0.2) is 48.3 Å². The Balaban J connectivity index is 1.34. The molecule has 0 unspecified atom stereocenters. The van der Waals surface area contributed by atoms with Crippen molar-refractivity contribution in [3.8, 4) is 5.75 Å². The predicted octanol–water partition coefficient (Wildman–Crippen LogP) is 4.37. The highest BCUT2D eigenvalue weighted by Gasteiger charge is 2.48. The SMILES string of the molecule is Oc1ccc2c(c1)CCCC(CCF)=C2c1ccn2cc(CN3CC4(COC4)C3)nc2c1. The van der Waals surface area contributed by atoms with E-state index in [2.05, 4.69) is 33.8 Å². The van der Waals surface area contributed by atoms with Crippen LogP contribution in [0.25, 0.3) is 11.2 Å². The first-order chi connectivity index (χ1) is 15.6. The summed E-state index contributed by atoms with van der Waals surface area (Å²) in [6.45, 7) is 4.48. The van der Waals surface area contributed by atoms with Gasteiger partial charge in [0.25, 0.3) is 0 Å². The van der Waals surface area contributed by atoms with E-state index in [4.69, 9.17) is 9.72 Å². The van der Waals surface area contributed by atoms with Crippen molar-refractivity contribution in [2.75, 3.05) is 33.0 Å². The number of allylic oxidation sites excluding steroid dienone is 1. The Hall–Kier alpha value is -2.70. The van der Waals surface area contributed by atoms with Gasteiger partial charge in [-0.05, 0) is 72.2 Å². The van der Waals surface area contributed by atoms with Crippen LogP contribution in [0.3, 0.4) is 0 Å². The van der Waals surface area contributed by atoms with Gasteiger partial charge >= 0.3 is 0 Å². The lowest BCUT2D eigenvalue weighted by atomic mass is 9.78. The Bertz CT molecular complexity index is 1200. The molecule has 1 N–H and O–H groups in total. The van der Waals surface area contributed by atoms with Crippen molar-refractivity contribution in [2.24, 2.45) is 5.41 Å². The second-order valence-corrected chi connectivity index (χ2v) is 9.66. The number of nitrogens with zero attached hydrogens (tertiary/aromatic N) is 3. The number of halogens is 1. The van der Waals surface area contributed by atoms with Crippen molar-refractivity contribution in [1.82, 2.24) is 14.3 Å². The number of phenols is 1. The van der Waals surface area contributed by atoms with Gasteiger partial charge < -0.3 is 14.2 Å². The summed E-state index contributed by atoms with van der Waals surface area (Å²) in [6, 6.07) is 9.80. The van der Waals surface area contributed by atoms with Crippen molar-refractivity contribution < 1.29 is 14.2 Å². The predicted molar refractivity (Wildman–Crippen MR) is 121 cm³/mol. The van der Waals surface area contributed by atoms with Gasteiger partial charge in [-0.1, -0.05) is 11.6 Å². The van der Waals surface area contributed by atoms with Gasteiger partial charge in [-0.3, -0.25) is 9.29 Å². The number of aryl methyl sites for hydroxylation is 1. The number of aromatic hydroxyl groups is 1. The maximum atomic E-state index is 13.4. The number of aromatic nitrogens is 2. The van der Waals surface area contributed by atoms with Gasteiger partial charge in [0.15, 0.2) is 0 Å². The van der Waals surface area contributed by atoms with Crippen molar-refractivity contribution in [3.63, 3.8) is 0 Å². The van der Waals surface area contributed by atoms with Crippen LogP contribution in [-0.4, -0.2) is 52.4 Å². The molecular weight excluding hydrogens is 405 g/mol. The maximum Gasteiger partial charge on any atom is 0.137 e. The highest BCUT2D eigenvalue weighted by atomic mass is 19.1. The molecule has 0 bridgehead atoms. The Kier molecular flexibility index (Phi) is 4.81. The molecular formula is C26H28FN3O2. The summed E-state index contributed by atoms with van der Waals surface area (Å²) in [6.07, 6.45) is 7.34. The van der Waals surface area contributed by atoms with Crippen molar-refractivity contribution in [2.45, 2.75) is 32.2 Å². The molecule has 1 aliphatic carbocycles. The van der Waals surface area contributed by atoms with Gasteiger partial charge in [0.2, 0.25) is 0 Å². The first-order valence-corrected chi connectivity index (χ1v) is 11.5. The summed E-state index contributed by atoms with van der Waals surface area (Å²) in [5, 5.41) is 10.00. The maximum absolute atomic E-state index is 13.4. The van der Waals surface area contributed by atoms with Crippen molar-refractivity contribution >= 4 is 11.2 Å². The van der Waals surface area contributed by atoms with Crippen LogP contribution >= 0.6 is 0 Å². The van der Waals surface area contributed by atoms with E-state index in [-0.39, 0.29) is 12.4 Å². The topological polar surface area (TPSA) is 50.0 Å². The molecule has 1 spiro atoms. The number of likely N-dealkylation sites (tertiary alicyclic amines) is 1. The number of benzene rings is 1. The molecule has 4 heterocycles. The van der Waals surface area contributed by atoms with Crippen LogP contribution in [-0.2, 0) is 17.7 Å². The largest absolute Gasteiger partial charge is 0.508 e. The third kappa shape index (κ3) is 3.42. The number of phenolic OH excluding ortho intramolecular Hbond substituents is 1. The van der Waals surface area contributed by atoms with E-state index in [9.17, 15) is 9.50 Å². The van der Waals surface area contributed by atoms with E-state index in [0.717, 1.165) is 91.3 Å². The van der Waals surface area contributed by atoms with Gasteiger partial charge in [0.1, 0.15) is 11.4 Å². The number of alkyl halides is 1. The number of pyridine rings is 1. The van der Waals surface area contributed by atoms with Crippen LogP contribution < -0.4 is 0 Å². The summed E-state index contributed by atoms with van der Waals surface area (Å²) in [5.74, 6) is 0.284. The molecule has 2 saturated heterocycles. The molecule has 166 valence electrons. The molecule has 5 nitrogen and oxygen atoms in total. The van der Waals surface area contributed by atoms with Crippen LogP contribution in [0.2, 0.25) is 0 Å². The molecule has 0 amide bonds. The fourth-order valence-electron chi connectivity index (χ4n) is 5.64. The Morgan fingerprint density at radius 2 is 2.00 bits per heavy atom. The third-order valence-corrected chi connectivity index (χ3v) is 7.15. The molecule has 0 saturated carbocycles. The van der Waals surface area contributed by atoms with Gasteiger partial charge in [0, 0.05) is 37.4 Å². The number of rotatable bonds is 5. The van der Waals surface area contributed by atoms with Crippen molar-refractivity contribution in [1.29, 1.82) is 0 Å². The number of hydrogen-bond acceptors (Lipinski definition) is 4. The first-order valence-electron chi connectivity index (χ1n) is 11.5. The number of imidazole rings is 1. The van der Waals surface area contributed by atoms with Crippen LogP contribution in [0.1, 0.15) is 41.6 Å². The lowest BCUT2D eigenvalue weighted by Gasteiger charge is -2.55. The normalized spacial score (nSPS) is 20.2. The molecule has 3 aliphatic rings. The summed E-state index contributed by atoms with van der Waals surface area (Å²) >= 11 is 0. The van der Waals surface area contributed by atoms with E-state index in [1.54, 1.807) is 6.07 Å². The summed E-state index contributed by atoms with van der Waals surface area (Å²) in [7, 11) is 0. The van der Waals surface area contributed by atoms with E-state index in [1.165, 1.54) is 0 Å². The lowest BCUT2D eigenvalue weighted by molar-refractivity contribution is -0.191. The highest BCUT2D eigenvalue weighted by molar-refractivity contribution is 5.85. The minimum Gasteiger partial charge on any atom is -0.508 e. The monoisotopic (exact) mass is 433 g/mol. The summed E-state index contributed by atoms with van der Waals surface area (Å²) < 4.78 is 20.9. The molecule has 0 radical (unpaired) electrons. The minimum atomic E-state index is -0.357. The van der Waals surface area contributed by atoms with Crippen molar-refractivity contribution in [3.05, 3.63) is 70.7 Å². The molecule has 6 rings (SSSR count). The Morgan fingerprint density at radius 1 is 1.12 bits per heavy atom. The van der Waals surface area contributed by atoms with E-state index in [0.29, 0.717) is 11.8 Å². The van der Waals surface area contributed by atoms with Gasteiger partial charge in [-0.2, -0.15) is 0 Å². The second kappa shape index (κ2) is 7.71. The zero-order valence-electron chi connectivity index (χ0n) is 18.2. The van der Waals surface area contributed by atoms with Crippen LogP contribution in [0, 0.1) is 5.41 Å². The smallest absolute Gasteiger partial charge is 0.137 e. The molecule has 3 aromatic rings. The van der Waals surface area contributed by atoms with Gasteiger partial charge in [-0.15, -0.1) is 0 Å². The van der Waals surface area contributed by atoms with Crippen LogP contribution in [0.5, 0.6) is 5.75 Å². The van der Waals surface area contributed by atoms with Gasteiger partial charge in [-0.25, -0.2) is 4.98 Å². The summed E-state index contributed by atoms with van der Waals surface area (Å²) in [5.41, 5.74) is 7.96. The molecule has 6 heteroatoms. The zero-order valence-corrected chi connectivity index (χ0v) is 18.2. The van der Waals surface area contributed by atoms with E-state index < -0.39 is 0 Å². The van der Waals surface area contributed by atoms with Crippen LogP contribution in [0.4, 0.5) is 4.39 Å². The fourth-order valence-corrected chi connectivity index (χ4v) is 5.64. The Morgan fingerprint density at radius 3 is 2.78 bits per heavy atom. The average Bonchev–Trinajstić information content (AvgIpc) is 3.03. The second-order valence-electron chi connectivity index (χ2n) is 9.66. The van der Waals surface area contributed by atoms with E-state index in [1.807, 2.05) is 12.1 Å². The minimum absolute atomic E-state index is 0.284. The first kappa shape index (κ1) is 19.9. The molecule has 2 fully saturated rings.